The highest BCUT2D eigenvalue weighted by Crippen LogP contribution is 2.46. The molecule has 15 aromatic rings. The molecule has 434 valence electrons. The van der Waals surface area contributed by atoms with Gasteiger partial charge in [0.05, 0.1) is 16.7 Å². The van der Waals surface area contributed by atoms with E-state index in [2.05, 4.69) is 254 Å². The van der Waals surface area contributed by atoms with Crippen LogP contribution < -0.4 is 26.2 Å². The average Bonchev–Trinajstić information content (AvgIpc) is 0.858. The molecule has 5 heterocycles. The SMILES string of the molecule is CC(C)(C)c1ccc2c(c1)c1ccccc1n2-c1ccc(-c2nc(-c3ccccc3)nc(-c3ccccc3)n2)cc1-c1nc(-c2ccccc2)nc(-c2cccc(-c3cccc(N4c5ccccc5B5c6ccccc6N(c6ccccc6)c6cccc4c65)c3)c2)n1. The van der Waals surface area contributed by atoms with Crippen LogP contribution in [-0.2, 0) is 5.41 Å². The van der Waals surface area contributed by atoms with E-state index in [1.807, 2.05) is 78.9 Å². The molecule has 0 spiro atoms. The maximum atomic E-state index is 5.59. The summed E-state index contributed by atoms with van der Waals surface area (Å²) in [7, 11) is 0. The minimum atomic E-state index is -0.0628. The highest BCUT2D eigenvalue weighted by molar-refractivity contribution is 7.00. The number of para-hydroxylation sites is 4. The van der Waals surface area contributed by atoms with Crippen LogP contribution >= 0.6 is 0 Å². The normalized spacial score (nSPS) is 12.4. The number of aromatic nitrogens is 7. The third-order valence-electron chi connectivity index (χ3n) is 18.0. The monoisotopic (exact) mass is 1180 g/mol. The van der Waals surface area contributed by atoms with Crippen LogP contribution in [0.15, 0.2) is 297 Å². The first kappa shape index (κ1) is 54.3. The van der Waals surface area contributed by atoms with Gasteiger partial charge in [0.15, 0.2) is 34.9 Å². The smallest absolute Gasteiger partial charge is 0.252 e. The number of benzene rings is 12. The number of hydrogen-bond acceptors (Lipinski definition) is 8. The lowest BCUT2D eigenvalue weighted by Crippen LogP contribution is -2.61. The van der Waals surface area contributed by atoms with Crippen LogP contribution in [0.2, 0.25) is 0 Å². The Morgan fingerprint density at radius 2 is 0.707 bits per heavy atom. The Labute approximate surface area is 534 Å². The first-order valence-corrected chi connectivity index (χ1v) is 31.3. The van der Waals surface area contributed by atoms with Crippen LogP contribution in [-0.4, -0.2) is 41.2 Å². The molecule has 12 aromatic carbocycles. The van der Waals surface area contributed by atoms with Crippen LogP contribution in [0.1, 0.15) is 26.3 Å². The predicted molar refractivity (Wildman–Crippen MR) is 378 cm³/mol. The van der Waals surface area contributed by atoms with Crippen molar-refractivity contribution in [1.82, 2.24) is 34.5 Å². The molecule has 0 saturated carbocycles. The summed E-state index contributed by atoms with van der Waals surface area (Å²) in [5.74, 6) is 3.25. The van der Waals surface area contributed by atoms with Crippen molar-refractivity contribution >= 4 is 79.0 Å². The van der Waals surface area contributed by atoms with Gasteiger partial charge in [0, 0.05) is 78.3 Å². The number of hydrogen-bond donors (Lipinski definition) is 0. The van der Waals surface area contributed by atoms with Gasteiger partial charge in [-0.15, -0.1) is 0 Å². The Kier molecular flexibility index (Phi) is 13.0. The molecular weight excluding hydrogens is 1120 g/mol. The summed E-state index contributed by atoms with van der Waals surface area (Å²) >= 11 is 0. The second-order valence-electron chi connectivity index (χ2n) is 24.7. The summed E-state index contributed by atoms with van der Waals surface area (Å²) in [5, 5.41) is 2.32. The van der Waals surface area contributed by atoms with E-state index in [0.717, 1.165) is 89.4 Å². The number of fused-ring (bicyclic) bond motifs is 7. The fraction of sp³-hybridized carbons (Fsp3) is 0.0488. The van der Waals surface area contributed by atoms with Crippen molar-refractivity contribution in [3.63, 3.8) is 0 Å². The Morgan fingerprint density at radius 1 is 0.283 bits per heavy atom. The van der Waals surface area contributed by atoms with E-state index in [4.69, 9.17) is 29.9 Å². The van der Waals surface area contributed by atoms with Crippen molar-refractivity contribution < 1.29 is 0 Å². The summed E-state index contributed by atoms with van der Waals surface area (Å²) in [6.45, 7) is 6.85. The van der Waals surface area contributed by atoms with Gasteiger partial charge in [0.25, 0.3) is 6.71 Å². The van der Waals surface area contributed by atoms with Gasteiger partial charge in [-0.1, -0.05) is 227 Å². The van der Waals surface area contributed by atoms with Crippen LogP contribution in [0.4, 0.5) is 34.1 Å². The zero-order valence-electron chi connectivity index (χ0n) is 50.9. The molecule has 0 bridgehead atoms. The quantitative estimate of drug-likeness (QED) is 0.125. The Morgan fingerprint density at radius 3 is 1.30 bits per heavy atom. The minimum absolute atomic E-state index is 0.0434. The van der Waals surface area contributed by atoms with E-state index in [9.17, 15) is 0 Å². The molecule has 0 aliphatic carbocycles. The maximum Gasteiger partial charge on any atom is 0.252 e. The first-order chi connectivity index (χ1) is 45.3. The van der Waals surface area contributed by atoms with E-state index in [0.29, 0.717) is 34.9 Å². The second kappa shape index (κ2) is 22.0. The van der Waals surface area contributed by atoms with Crippen molar-refractivity contribution in [3.05, 3.63) is 303 Å². The third-order valence-corrected chi connectivity index (χ3v) is 18.0. The average molecular weight is 1180 g/mol. The van der Waals surface area contributed by atoms with Gasteiger partial charge in [-0.3, -0.25) is 0 Å². The lowest BCUT2D eigenvalue weighted by Gasteiger charge is -2.44. The molecule has 9 nitrogen and oxygen atoms in total. The second-order valence-corrected chi connectivity index (χ2v) is 24.7. The van der Waals surface area contributed by atoms with Gasteiger partial charge in [0.1, 0.15) is 0 Å². The minimum Gasteiger partial charge on any atom is -0.311 e. The zero-order valence-corrected chi connectivity index (χ0v) is 50.9. The topological polar surface area (TPSA) is 88.7 Å². The van der Waals surface area contributed by atoms with E-state index < -0.39 is 0 Å². The van der Waals surface area contributed by atoms with Crippen LogP contribution in [0.5, 0.6) is 0 Å². The lowest BCUT2D eigenvalue weighted by atomic mass is 9.33. The fourth-order valence-electron chi connectivity index (χ4n) is 13.7. The summed E-state index contributed by atoms with van der Waals surface area (Å²) in [6, 6.07) is 105. The molecule has 0 radical (unpaired) electrons. The molecule has 0 amide bonds. The fourth-order valence-corrected chi connectivity index (χ4v) is 13.7. The third kappa shape index (κ3) is 9.33. The molecule has 92 heavy (non-hydrogen) atoms. The first-order valence-electron chi connectivity index (χ1n) is 31.3. The van der Waals surface area contributed by atoms with E-state index in [-0.39, 0.29) is 12.1 Å². The molecule has 0 atom stereocenters. The van der Waals surface area contributed by atoms with E-state index in [1.165, 1.54) is 38.7 Å². The molecular formula is C82H58BN9. The Bertz CT molecular complexity index is 5300. The predicted octanol–water partition coefficient (Wildman–Crippen LogP) is 18.2. The summed E-state index contributed by atoms with van der Waals surface area (Å²) in [6.07, 6.45) is 0. The molecule has 0 unspecified atom stereocenters. The molecule has 0 N–H and O–H groups in total. The molecule has 0 saturated heterocycles. The van der Waals surface area contributed by atoms with Gasteiger partial charge in [-0.2, -0.15) is 0 Å². The van der Waals surface area contributed by atoms with Gasteiger partial charge >= 0.3 is 0 Å². The van der Waals surface area contributed by atoms with E-state index in [1.54, 1.807) is 0 Å². The highest BCUT2D eigenvalue weighted by Gasteiger charge is 2.43. The van der Waals surface area contributed by atoms with Crippen LogP contribution in [0, 0.1) is 0 Å². The largest absolute Gasteiger partial charge is 0.311 e. The highest BCUT2D eigenvalue weighted by atomic mass is 15.2. The zero-order chi connectivity index (χ0) is 61.4. The Balaban J connectivity index is 0.838. The molecule has 2 aliphatic rings. The molecule has 10 heteroatoms. The molecule has 2 aliphatic heterocycles. The molecule has 17 rings (SSSR count). The number of rotatable bonds is 10. The summed E-state index contributed by atoms with van der Waals surface area (Å²) < 4.78 is 2.36. The standard InChI is InChI=1S/C82H58BN9/c1-82(2,3)60-46-48-69-64(52-60)63-37-16-19-40-68(63)92(69)70-47-45-59(80-85-76(53-25-8-4-9-26-53)84-77(86-80)54-27-10-5-11-28-54)51-65(70)81-88-78(55-29-12-6-13-30-55)87-79(89-81)58-33-22-31-56(49-58)57-32-23-36-62(50-57)91-72-42-21-18-39-67(72)83-66-38-17-20-41-71(66)90(61-34-14-7-15-35-61)73-43-24-44-74(91)75(73)83/h4-52H,1-3H3. The van der Waals surface area contributed by atoms with Crippen molar-refractivity contribution in [1.29, 1.82) is 0 Å². The maximum absolute atomic E-state index is 5.59. The number of anilines is 6. The molecule has 3 aromatic heterocycles. The van der Waals surface area contributed by atoms with Crippen LogP contribution in [0.3, 0.4) is 0 Å². The van der Waals surface area contributed by atoms with Gasteiger partial charge in [0.2, 0.25) is 0 Å². The van der Waals surface area contributed by atoms with Gasteiger partial charge in [-0.05, 0) is 129 Å². The lowest BCUT2D eigenvalue weighted by molar-refractivity contribution is 0.591. The summed E-state index contributed by atoms with van der Waals surface area (Å²) in [5.41, 5.74) is 22.1. The van der Waals surface area contributed by atoms with Crippen molar-refractivity contribution in [2.45, 2.75) is 26.2 Å². The Hall–Kier alpha value is -11.9. The van der Waals surface area contributed by atoms with Crippen molar-refractivity contribution in [3.8, 4) is 85.1 Å². The van der Waals surface area contributed by atoms with Gasteiger partial charge in [-0.25, -0.2) is 29.9 Å². The van der Waals surface area contributed by atoms with Crippen LogP contribution in [0.25, 0.3) is 107 Å². The van der Waals surface area contributed by atoms with Crippen molar-refractivity contribution in [2.24, 2.45) is 0 Å². The van der Waals surface area contributed by atoms with Gasteiger partial charge < -0.3 is 14.4 Å². The van der Waals surface area contributed by atoms with Crippen molar-refractivity contribution in [2.75, 3.05) is 9.80 Å². The summed E-state index contributed by atoms with van der Waals surface area (Å²) in [4.78, 5) is 36.9. The molecule has 0 fully saturated rings. The van der Waals surface area contributed by atoms with E-state index >= 15 is 0 Å². The number of nitrogens with zero attached hydrogens (tertiary/aromatic N) is 9.